The molecule has 84 valence electrons. The maximum atomic E-state index is 9.59. The lowest BCUT2D eigenvalue weighted by Gasteiger charge is -2.20. The van der Waals surface area contributed by atoms with Gasteiger partial charge in [-0.25, -0.2) is 0 Å². The molecule has 0 aromatic rings. The van der Waals surface area contributed by atoms with Crippen LogP contribution in [0, 0.1) is 5.92 Å². The van der Waals surface area contributed by atoms with Crippen LogP contribution in [-0.4, -0.2) is 43.7 Å². The molecule has 0 bridgehead atoms. The fourth-order valence-electron chi connectivity index (χ4n) is 1.36. The topological polar surface area (TPSA) is 64.7 Å². The highest BCUT2D eigenvalue weighted by Crippen LogP contribution is 2.13. The molecule has 1 rings (SSSR count). The third kappa shape index (κ3) is 4.37. The molecule has 1 fully saturated rings. The van der Waals surface area contributed by atoms with Crippen molar-refractivity contribution in [2.45, 2.75) is 25.4 Å². The summed E-state index contributed by atoms with van der Waals surface area (Å²) in [5.41, 5.74) is 4.60. The van der Waals surface area contributed by atoms with Gasteiger partial charge in [-0.2, -0.15) is 0 Å². The van der Waals surface area contributed by atoms with Crippen molar-refractivity contribution in [3.8, 4) is 0 Å². The zero-order chi connectivity index (χ0) is 10.4. The zero-order valence-electron chi connectivity index (χ0n) is 8.87. The van der Waals surface area contributed by atoms with Crippen molar-refractivity contribution in [3.05, 3.63) is 0 Å². The molecule has 0 radical (unpaired) electrons. The van der Waals surface area contributed by atoms with Gasteiger partial charge in [-0.1, -0.05) is 0 Å². The predicted octanol–water partition coefficient (Wildman–Crippen LogP) is 0.139. The van der Waals surface area contributed by atoms with Gasteiger partial charge in [-0.3, -0.25) is 0 Å². The van der Waals surface area contributed by atoms with E-state index in [2.05, 4.69) is 0 Å². The van der Waals surface area contributed by atoms with Gasteiger partial charge in [0.1, 0.15) is 0 Å². The molecule has 3 N–H and O–H groups in total. The van der Waals surface area contributed by atoms with E-state index in [0.717, 1.165) is 26.2 Å². The minimum absolute atomic E-state index is 0.281. The second-order valence-corrected chi connectivity index (χ2v) is 4.26. The lowest BCUT2D eigenvalue weighted by molar-refractivity contribution is 0.0122. The molecule has 0 spiro atoms. The number of nitrogens with two attached hydrogens (primary N) is 1. The number of hydrogen-bond acceptors (Lipinski definition) is 4. The Bertz CT molecular complexity index is 155. The van der Waals surface area contributed by atoms with E-state index in [0.29, 0.717) is 18.9 Å². The normalized spacial score (nSPS) is 26.4. The molecule has 2 atom stereocenters. The van der Waals surface area contributed by atoms with Crippen molar-refractivity contribution in [2.75, 3.05) is 33.0 Å². The molecule has 14 heavy (non-hydrogen) atoms. The van der Waals surface area contributed by atoms with Gasteiger partial charge in [0.05, 0.1) is 18.8 Å². The Hall–Kier alpha value is -0.160. The second-order valence-electron chi connectivity index (χ2n) is 4.26. The fourth-order valence-corrected chi connectivity index (χ4v) is 1.36. The number of rotatable bonds is 6. The average molecular weight is 203 g/mol. The van der Waals surface area contributed by atoms with E-state index < -0.39 is 5.60 Å². The molecule has 0 aliphatic carbocycles. The average Bonchev–Trinajstić information content (AvgIpc) is 2.65. The minimum Gasteiger partial charge on any atom is -0.389 e. The van der Waals surface area contributed by atoms with E-state index in [1.165, 1.54) is 0 Å². The zero-order valence-corrected chi connectivity index (χ0v) is 8.87. The monoisotopic (exact) mass is 203 g/mol. The Morgan fingerprint density at radius 2 is 2.43 bits per heavy atom. The van der Waals surface area contributed by atoms with E-state index in [9.17, 15) is 5.11 Å². The van der Waals surface area contributed by atoms with E-state index in [1.807, 2.05) is 0 Å². The Labute approximate surface area is 85.4 Å². The van der Waals surface area contributed by atoms with Crippen LogP contribution in [0.4, 0.5) is 0 Å². The highest BCUT2D eigenvalue weighted by atomic mass is 16.5. The van der Waals surface area contributed by atoms with Gasteiger partial charge in [0.2, 0.25) is 0 Å². The van der Waals surface area contributed by atoms with Gasteiger partial charge >= 0.3 is 0 Å². The van der Waals surface area contributed by atoms with Crippen LogP contribution in [0.2, 0.25) is 0 Å². The van der Waals surface area contributed by atoms with Crippen LogP contribution in [0.15, 0.2) is 0 Å². The number of hydrogen-bond donors (Lipinski definition) is 2. The predicted molar refractivity (Wildman–Crippen MR) is 54.0 cm³/mol. The minimum atomic E-state index is -0.786. The molecule has 4 nitrogen and oxygen atoms in total. The van der Waals surface area contributed by atoms with Crippen molar-refractivity contribution < 1.29 is 14.6 Å². The van der Waals surface area contributed by atoms with Crippen LogP contribution in [0.25, 0.3) is 0 Å². The number of aliphatic hydroxyl groups is 1. The summed E-state index contributed by atoms with van der Waals surface area (Å²) in [7, 11) is 0. The van der Waals surface area contributed by atoms with Crippen LogP contribution in [0.5, 0.6) is 0 Å². The summed E-state index contributed by atoms with van der Waals surface area (Å²) in [4.78, 5) is 0. The van der Waals surface area contributed by atoms with E-state index in [1.54, 1.807) is 6.92 Å². The Morgan fingerprint density at radius 3 is 3.00 bits per heavy atom. The summed E-state index contributed by atoms with van der Waals surface area (Å²) >= 11 is 0. The summed E-state index contributed by atoms with van der Waals surface area (Å²) in [5, 5.41) is 9.59. The summed E-state index contributed by atoms with van der Waals surface area (Å²) in [6, 6.07) is 0. The van der Waals surface area contributed by atoms with Gasteiger partial charge in [-0.15, -0.1) is 0 Å². The summed E-state index contributed by atoms with van der Waals surface area (Å²) < 4.78 is 10.7. The molecule has 0 aromatic carbocycles. The highest BCUT2D eigenvalue weighted by molar-refractivity contribution is 4.72. The largest absolute Gasteiger partial charge is 0.389 e. The van der Waals surface area contributed by atoms with Crippen LogP contribution < -0.4 is 5.73 Å². The van der Waals surface area contributed by atoms with Gasteiger partial charge in [0.25, 0.3) is 0 Å². The van der Waals surface area contributed by atoms with Crippen molar-refractivity contribution in [1.29, 1.82) is 0 Å². The van der Waals surface area contributed by atoms with Gasteiger partial charge in [-0.05, 0) is 13.3 Å². The molecular weight excluding hydrogens is 182 g/mol. The molecular formula is C10H21NO3. The first-order chi connectivity index (χ1) is 6.64. The number of ether oxygens (including phenoxy) is 2. The summed E-state index contributed by atoms with van der Waals surface area (Å²) in [5.74, 6) is 0.540. The third-order valence-electron chi connectivity index (χ3n) is 2.60. The van der Waals surface area contributed by atoms with Crippen LogP contribution in [0.1, 0.15) is 19.8 Å². The molecule has 1 aliphatic heterocycles. The van der Waals surface area contributed by atoms with E-state index in [4.69, 9.17) is 15.2 Å². The quantitative estimate of drug-likeness (QED) is 0.603. The maximum Gasteiger partial charge on any atom is 0.0763 e. The molecule has 1 heterocycles. The summed E-state index contributed by atoms with van der Waals surface area (Å²) in [6.45, 7) is 4.99. The van der Waals surface area contributed by atoms with E-state index >= 15 is 0 Å². The van der Waals surface area contributed by atoms with Crippen molar-refractivity contribution in [2.24, 2.45) is 11.7 Å². The highest BCUT2D eigenvalue weighted by Gasteiger charge is 2.19. The second kappa shape index (κ2) is 5.66. The lowest BCUT2D eigenvalue weighted by Crippen LogP contribution is -2.35. The van der Waals surface area contributed by atoms with Crippen molar-refractivity contribution >= 4 is 0 Å². The molecule has 0 aromatic heterocycles. The standard InChI is InChI=1S/C10H21NO3/c1-10(12,8-11)3-5-14-7-9-2-4-13-6-9/h9,12H,2-8,11H2,1H3. The summed E-state index contributed by atoms with van der Waals surface area (Å²) in [6.07, 6.45) is 1.68. The molecule has 1 aliphatic rings. The molecule has 1 saturated heterocycles. The van der Waals surface area contributed by atoms with Gasteiger partial charge < -0.3 is 20.3 Å². The maximum absolute atomic E-state index is 9.59. The third-order valence-corrected chi connectivity index (χ3v) is 2.60. The lowest BCUT2D eigenvalue weighted by atomic mass is 10.0. The molecule has 2 unspecified atom stereocenters. The van der Waals surface area contributed by atoms with Crippen molar-refractivity contribution in [3.63, 3.8) is 0 Å². The van der Waals surface area contributed by atoms with Gasteiger partial charge in [0.15, 0.2) is 0 Å². The first kappa shape index (κ1) is 11.9. The molecule has 0 saturated carbocycles. The Morgan fingerprint density at radius 1 is 1.64 bits per heavy atom. The van der Waals surface area contributed by atoms with Crippen LogP contribution in [-0.2, 0) is 9.47 Å². The van der Waals surface area contributed by atoms with Crippen LogP contribution >= 0.6 is 0 Å². The Kier molecular flexibility index (Phi) is 4.81. The first-order valence-corrected chi connectivity index (χ1v) is 5.22. The van der Waals surface area contributed by atoms with Crippen LogP contribution in [0.3, 0.4) is 0 Å². The fraction of sp³-hybridized carbons (Fsp3) is 1.00. The molecule has 0 amide bonds. The first-order valence-electron chi connectivity index (χ1n) is 5.22. The van der Waals surface area contributed by atoms with E-state index in [-0.39, 0.29) is 6.54 Å². The molecule has 4 heteroatoms. The van der Waals surface area contributed by atoms with Crippen molar-refractivity contribution in [1.82, 2.24) is 0 Å². The smallest absolute Gasteiger partial charge is 0.0763 e. The Balaban J connectivity index is 1.98. The van der Waals surface area contributed by atoms with Gasteiger partial charge in [0, 0.05) is 32.1 Å². The SMILES string of the molecule is CC(O)(CN)CCOCC1CCOC1.